The van der Waals surface area contributed by atoms with E-state index < -0.39 is 0 Å². The molecule has 0 aromatic carbocycles. The summed E-state index contributed by atoms with van der Waals surface area (Å²) in [6.07, 6.45) is 1.09. The van der Waals surface area contributed by atoms with E-state index in [1.54, 1.807) is 4.57 Å². The lowest BCUT2D eigenvalue weighted by Gasteiger charge is -2.07. The summed E-state index contributed by atoms with van der Waals surface area (Å²) in [6, 6.07) is 5.75. The van der Waals surface area contributed by atoms with E-state index >= 15 is 0 Å². The van der Waals surface area contributed by atoms with Crippen molar-refractivity contribution in [2.45, 2.75) is 40.3 Å². The van der Waals surface area contributed by atoms with E-state index in [1.165, 1.54) is 0 Å². The summed E-state index contributed by atoms with van der Waals surface area (Å²) in [6.45, 7) is 7.96. The topological polar surface area (TPSA) is 60.1 Å². The van der Waals surface area contributed by atoms with Gasteiger partial charge in [-0.3, -0.25) is 4.57 Å². The Hall–Kier alpha value is -1.88. The van der Waals surface area contributed by atoms with Crippen molar-refractivity contribution in [3.63, 3.8) is 0 Å². The molecule has 0 atom stereocenters. The van der Waals surface area contributed by atoms with E-state index in [9.17, 15) is 4.79 Å². The fourth-order valence-electron chi connectivity index (χ4n) is 2.11. The van der Waals surface area contributed by atoms with Gasteiger partial charge in [0.15, 0.2) is 0 Å². The molecule has 2 heterocycles. The minimum Gasteiger partial charge on any atom is -0.463 e. The van der Waals surface area contributed by atoms with Gasteiger partial charge in [0, 0.05) is 11.4 Å². The van der Waals surface area contributed by atoms with Crippen LogP contribution in [0.4, 0.5) is 0 Å². The van der Waals surface area contributed by atoms with Crippen LogP contribution in [-0.2, 0) is 13.1 Å². The first-order chi connectivity index (χ1) is 9.60. The molecule has 1 N–H and O–H groups in total. The van der Waals surface area contributed by atoms with Crippen LogP contribution in [0.15, 0.2) is 27.4 Å². The molecule has 5 heteroatoms. The summed E-state index contributed by atoms with van der Waals surface area (Å²) in [5.41, 5.74) is 1.40. The number of hydrogen-bond donors (Lipinski definition) is 1. The molecular formula is C15H21N3O2. The molecule has 2 aromatic rings. The van der Waals surface area contributed by atoms with E-state index in [-0.39, 0.29) is 5.69 Å². The van der Waals surface area contributed by atoms with Gasteiger partial charge >= 0.3 is 5.69 Å². The second-order valence-electron chi connectivity index (χ2n) is 4.95. The first-order valence-corrected chi connectivity index (χ1v) is 6.93. The number of aromatic nitrogens is 2. The normalized spacial score (nSPS) is 10.9. The Morgan fingerprint density at radius 3 is 2.75 bits per heavy atom. The van der Waals surface area contributed by atoms with Crippen molar-refractivity contribution >= 4 is 0 Å². The molecule has 0 aliphatic rings. The summed E-state index contributed by atoms with van der Waals surface area (Å²) >= 11 is 0. The maximum atomic E-state index is 11.9. The molecule has 0 radical (unpaired) electrons. The highest BCUT2D eigenvalue weighted by Crippen LogP contribution is 2.10. The second kappa shape index (κ2) is 6.52. The number of furan rings is 1. The molecule has 2 rings (SSSR count). The van der Waals surface area contributed by atoms with E-state index in [0.29, 0.717) is 13.1 Å². The molecule has 2 aromatic heterocycles. The quantitative estimate of drug-likeness (QED) is 0.819. The van der Waals surface area contributed by atoms with Crippen LogP contribution in [0.2, 0.25) is 0 Å². The molecule has 5 nitrogen and oxygen atoms in total. The Labute approximate surface area is 118 Å². The largest absolute Gasteiger partial charge is 0.463 e. The van der Waals surface area contributed by atoms with Crippen LogP contribution in [0.5, 0.6) is 0 Å². The highest BCUT2D eigenvalue weighted by molar-refractivity contribution is 5.11. The Morgan fingerprint density at radius 1 is 1.30 bits per heavy atom. The lowest BCUT2D eigenvalue weighted by Crippen LogP contribution is -2.25. The third-order valence-corrected chi connectivity index (χ3v) is 3.10. The van der Waals surface area contributed by atoms with E-state index in [4.69, 9.17) is 4.42 Å². The van der Waals surface area contributed by atoms with Crippen molar-refractivity contribution in [1.82, 2.24) is 14.9 Å². The molecule has 20 heavy (non-hydrogen) atoms. The van der Waals surface area contributed by atoms with Gasteiger partial charge in [-0.05, 0) is 45.0 Å². The predicted octanol–water partition coefficient (Wildman–Crippen LogP) is 2.00. The average Bonchev–Trinajstić information content (AvgIpc) is 2.82. The molecule has 0 saturated heterocycles. The van der Waals surface area contributed by atoms with E-state index in [1.807, 2.05) is 32.0 Å². The van der Waals surface area contributed by atoms with Gasteiger partial charge in [0.1, 0.15) is 11.5 Å². The van der Waals surface area contributed by atoms with Crippen LogP contribution in [0.25, 0.3) is 0 Å². The Bertz CT molecular complexity index is 628. The maximum Gasteiger partial charge on any atom is 0.348 e. The van der Waals surface area contributed by atoms with Crippen LogP contribution in [-0.4, -0.2) is 16.1 Å². The molecule has 0 amide bonds. The first kappa shape index (κ1) is 14.5. The van der Waals surface area contributed by atoms with Gasteiger partial charge in [0.25, 0.3) is 0 Å². The Kier molecular flexibility index (Phi) is 4.74. The van der Waals surface area contributed by atoms with Gasteiger partial charge in [-0.25, -0.2) is 4.79 Å². The minimum atomic E-state index is -0.232. The molecule has 108 valence electrons. The minimum absolute atomic E-state index is 0.232. The fraction of sp³-hybridized carbons (Fsp3) is 0.467. The molecule has 0 saturated carbocycles. The Morgan fingerprint density at radius 2 is 2.05 bits per heavy atom. The zero-order chi connectivity index (χ0) is 14.5. The molecule has 0 bridgehead atoms. The van der Waals surface area contributed by atoms with Crippen molar-refractivity contribution in [3.8, 4) is 0 Å². The summed E-state index contributed by atoms with van der Waals surface area (Å²) in [4.78, 5) is 15.8. The van der Waals surface area contributed by atoms with Crippen LogP contribution in [0, 0.1) is 13.8 Å². The van der Waals surface area contributed by atoms with Crippen LogP contribution >= 0.6 is 0 Å². The summed E-state index contributed by atoms with van der Waals surface area (Å²) in [5.74, 6) is 1.66. The molecule has 0 fully saturated rings. The first-order valence-electron chi connectivity index (χ1n) is 6.93. The summed E-state index contributed by atoms with van der Waals surface area (Å²) in [7, 11) is 0. The predicted molar refractivity (Wildman–Crippen MR) is 77.8 cm³/mol. The van der Waals surface area contributed by atoms with Crippen molar-refractivity contribution in [2.24, 2.45) is 0 Å². The van der Waals surface area contributed by atoms with Gasteiger partial charge in [-0.2, -0.15) is 4.98 Å². The van der Waals surface area contributed by atoms with E-state index in [2.05, 4.69) is 17.2 Å². The number of nitrogens with zero attached hydrogens (tertiary/aromatic N) is 2. The summed E-state index contributed by atoms with van der Waals surface area (Å²) < 4.78 is 7.34. The second-order valence-corrected chi connectivity index (χ2v) is 4.95. The zero-order valence-electron chi connectivity index (χ0n) is 12.3. The standard InChI is InChI=1S/C15H21N3O2/c1-4-7-16-9-13-5-6-14(20-13)10-18-12(3)8-11(2)17-15(18)19/h5-6,8,16H,4,7,9-10H2,1-3H3. The molecule has 0 aliphatic heterocycles. The van der Waals surface area contributed by atoms with Crippen LogP contribution in [0.3, 0.4) is 0 Å². The number of hydrogen-bond acceptors (Lipinski definition) is 4. The Balaban J connectivity index is 2.09. The number of aryl methyl sites for hydroxylation is 2. The van der Waals surface area contributed by atoms with Gasteiger partial charge in [-0.15, -0.1) is 0 Å². The van der Waals surface area contributed by atoms with Gasteiger partial charge < -0.3 is 9.73 Å². The third kappa shape index (κ3) is 3.57. The highest BCUT2D eigenvalue weighted by Gasteiger charge is 2.07. The van der Waals surface area contributed by atoms with Crippen molar-refractivity contribution < 1.29 is 4.42 Å². The monoisotopic (exact) mass is 275 g/mol. The van der Waals surface area contributed by atoms with Crippen molar-refractivity contribution in [1.29, 1.82) is 0 Å². The average molecular weight is 275 g/mol. The van der Waals surface area contributed by atoms with Gasteiger partial charge in [0.05, 0.1) is 13.1 Å². The molecule has 0 spiro atoms. The number of rotatable bonds is 6. The summed E-state index contributed by atoms with van der Waals surface area (Å²) in [5, 5.41) is 3.28. The smallest absolute Gasteiger partial charge is 0.348 e. The fourth-order valence-corrected chi connectivity index (χ4v) is 2.11. The van der Waals surface area contributed by atoms with Crippen molar-refractivity contribution in [3.05, 3.63) is 51.6 Å². The maximum absolute atomic E-state index is 11.9. The van der Waals surface area contributed by atoms with Crippen molar-refractivity contribution in [2.75, 3.05) is 6.54 Å². The van der Waals surface area contributed by atoms with Crippen LogP contribution < -0.4 is 11.0 Å². The lowest BCUT2D eigenvalue weighted by molar-refractivity contribution is 0.432. The number of nitrogens with one attached hydrogen (secondary N) is 1. The SMILES string of the molecule is CCCNCc1ccc(Cn2c(C)cc(C)nc2=O)o1. The van der Waals surface area contributed by atoms with Gasteiger partial charge in [-0.1, -0.05) is 6.92 Å². The lowest BCUT2D eigenvalue weighted by atomic mass is 10.3. The molecule has 0 aliphatic carbocycles. The van der Waals surface area contributed by atoms with Gasteiger partial charge in [0.2, 0.25) is 0 Å². The van der Waals surface area contributed by atoms with E-state index in [0.717, 1.165) is 35.9 Å². The molecular weight excluding hydrogens is 254 g/mol. The van der Waals surface area contributed by atoms with Crippen LogP contribution in [0.1, 0.15) is 36.3 Å². The third-order valence-electron chi connectivity index (χ3n) is 3.10. The molecule has 0 unspecified atom stereocenters. The zero-order valence-corrected chi connectivity index (χ0v) is 12.3. The highest BCUT2D eigenvalue weighted by atomic mass is 16.3.